The number of carbonyl (C=O) groups is 1. The van der Waals surface area contributed by atoms with Gasteiger partial charge in [0.25, 0.3) is 0 Å². The molecule has 0 saturated heterocycles. The van der Waals surface area contributed by atoms with Gasteiger partial charge in [-0.15, -0.1) is 11.3 Å². The molecule has 0 saturated carbocycles. The van der Waals surface area contributed by atoms with Gasteiger partial charge in [0, 0.05) is 23.0 Å². The maximum Gasteiger partial charge on any atom is 0.323 e. The van der Waals surface area contributed by atoms with Gasteiger partial charge in [0.15, 0.2) is 0 Å². The Morgan fingerprint density at radius 2 is 1.57 bits per heavy atom. The fraction of sp³-hybridized carbons (Fsp3) is 0.286. The summed E-state index contributed by atoms with van der Waals surface area (Å²) in [5.74, 6) is 0.744. The number of rotatable bonds is 11. The number of ether oxygens (including phenoxy) is 2. The maximum absolute atomic E-state index is 11.5. The van der Waals surface area contributed by atoms with E-state index in [2.05, 4.69) is 6.92 Å². The summed E-state index contributed by atoms with van der Waals surface area (Å²) in [6.45, 7) is 2.11. The third-order valence-corrected chi connectivity index (χ3v) is 7.11. The van der Waals surface area contributed by atoms with Gasteiger partial charge in [-0.2, -0.15) is 0 Å². The lowest BCUT2D eigenvalue weighted by atomic mass is 10.1. The molecule has 0 aliphatic heterocycles. The van der Waals surface area contributed by atoms with Crippen LogP contribution in [0.5, 0.6) is 11.5 Å². The molecule has 182 valence electrons. The number of aromatic nitrogens is 2. The van der Waals surface area contributed by atoms with Crippen molar-refractivity contribution in [3.8, 4) is 43.8 Å². The zero-order chi connectivity index (χ0) is 24.8. The molecule has 0 spiro atoms. The second kappa shape index (κ2) is 11.2. The zero-order valence-corrected chi connectivity index (χ0v) is 21.1. The Labute approximate surface area is 209 Å². The van der Waals surface area contributed by atoms with Crippen LogP contribution in [0, 0.1) is 0 Å². The van der Waals surface area contributed by atoms with E-state index >= 15 is 0 Å². The lowest BCUT2D eigenvalue weighted by Gasteiger charge is -2.08. The Morgan fingerprint density at radius 1 is 0.943 bits per heavy atom. The smallest absolute Gasteiger partial charge is 0.323 e. The molecule has 1 N–H and O–H groups in total. The first-order valence-electron chi connectivity index (χ1n) is 11.7. The molecular weight excluding hydrogens is 460 g/mol. The van der Waals surface area contributed by atoms with Crippen molar-refractivity contribution in [1.82, 2.24) is 9.55 Å². The van der Waals surface area contributed by atoms with Crippen LogP contribution in [0.4, 0.5) is 0 Å². The molecule has 0 fully saturated rings. The average Bonchev–Trinajstić information content (AvgIpc) is 3.48. The van der Waals surface area contributed by atoms with Gasteiger partial charge in [0.1, 0.15) is 23.1 Å². The number of carboxylic acids is 1. The summed E-state index contributed by atoms with van der Waals surface area (Å²) in [7, 11) is 3.31. The standard InChI is InChI=1S/C28H30N2O4S/c1-4-5-6-7-24-23(16-17-30(24)18-25(31)32)28-29-26(19-8-12-21(33-2)13-9-19)27(35-28)20-10-14-22(34-3)15-11-20/h8-17H,4-7,18H2,1-3H3,(H,31,32). The second-order valence-electron chi connectivity index (χ2n) is 8.31. The lowest BCUT2D eigenvalue weighted by Crippen LogP contribution is -2.11. The van der Waals surface area contributed by atoms with E-state index in [0.717, 1.165) is 75.1 Å². The summed E-state index contributed by atoms with van der Waals surface area (Å²) in [6.07, 6.45) is 5.90. The molecule has 4 rings (SSSR count). The van der Waals surface area contributed by atoms with E-state index in [4.69, 9.17) is 14.5 Å². The first kappa shape index (κ1) is 24.5. The number of unbranched alkanes of at least 4 members (excludes halogenated alkanes) is 2. The van der Waals surface area contributed by atoms with Crippen molar-refractivity contribution in [2.45, 2.75) is 39.2 Å². The zero-order valence-electron chi connectivity index (χ0n) is 20.3. The van der Waals surface area contributed by atoms with Crippen LogP contribution >= 0.6 is 11.3 Å². The van der Waals surface area contributed by atoms with E-state index in [1.807, 2.05) is 65.4 Å². The van der Waals surface area contributed by atoms with E-state index in [9.17, 15) is 9.90 Å². The molecule has 0 amide bonds. The highest BCUT2D eigenvalue weighted by atomic mass is 32.1. The Balaban J connectivity index is 1.83. The summed E-state index contributed by atoms with van der Waals surface area (Å²) in [5, 5.41) is 10.3. The predicted octanol–water partition coefficient (Wildman–Crippen LogP) is 6.78. The first-order valence-corrected chi connectivity index (χ1v) is 12.6. The number of benzene rings is 2. The highest BCUT2D eigenvalue weighted by molar-refractivity contribution is 7.19. The number of hydrogen-bond donors (Lipinski definition) is 1. The monoisotopic (exact) mass is 490 g/mol. The highest BCUT2D eigenvalue weighted by Crippen LogP contribution is 2.42. The Kier molecular flexibility index (Phi) is 7.87. The van der Waals surface area contributed by atoms with Crippen LogP contribution in [0.15, 0.2) is 60.8 Å². The summed E-state index contributed by atoms with van der Waals surface area (Å²) in [4.78, 5) is 17.6. The summed E-state index contributed by atoms with van der Waals surface area (Å²) < 4.78 is 12.5. The predicted molar refractivity (Wildman–Crippen MR) is 140 cm³/mol. The number of hydrogen-bond acceptors (Lipinski definition) is 5. The van der Waals surface area contributed by atoms with Crippen molar-refractivity contribution in [2.75, 3.05) is 14.2 Å². The third kappa shape index (κ3) is 5.57. The molecule has 35 heavy (non-hydrogen) atoms. The molecule has 0 aliphatic carbocycles. The van der Waals surface area contributed by atoms with E-state index in [0.29, 0.717) is 0 Å². The van der Waals surface area contributed by atoms with Crippen molar-refractivity contribution in [2.24, 2.45) is 0 Å². The van der Waals surface area contributed by atoms with Crippen molar-refractivity contribution in [3.63, 3.8) is 0 Å². The first-order chi connectivity index (χ1) is 17.0. The summed E-state index contributed by atoms with van der Waals surface area (Å²) in [6, 6.07) is 17.9. The fourth-order valence-electron chi connectivity index (χ4n) is 4.13. The van der Waals surface area contributed by atoms with Crippen LogP contribution in [0.25, 0.3) is 32.3 Å². The number of methoxy groups -OCH3 is 2. The van der Waals surface area contributed by atoms with Crippen molar-refractivity contribution < 1.29 is 19.4 Å². The Morgan fingerprint density at radius 3 is 2.14 bits per heavy atom. The number of thiazole rings is 1. The highest BCUT2D eigenvalue weighted by Gasteiger charge is 2.20. The maximum atomic E-state index is 11.5. The number of carboxylic acid groups (broad SMARTS) is 1. The van der Waals surface area contributed by atoms with E-state index < -0.39 is 5.97 Å². The normalized spacial score (nSPS) is 10.9. The molecule has 0 aliphatic rings. The summed E-state index contributed by atoms with van der Waals surface area (Å²) >= 11 is 1.63. The van der Waals surface area contributed by atoms with Gasteiger partial charge in [-0.1, -0.05) is 19.8 Å². The van der Waals surface area contributed by atoms with Gasteiger partial charge in [0.2, 0.25) is 0 Å². The molecule has 6 nitrogen and oxygen atoms in total. The van der Waals surface area contributed by atoms with E-state index in [-0.39, 0.29) is 6.54 Å². The molecule has 0 atom stereocenters. The molecule has 2 aromatic carbocycles. The molecular formula is C28H30N2O4S. The van der Waals surface area contributed by atoms with Crippen LogP contribution in [0.3, 0.4) is 0 Å². The molecule has 0 unspecified atom stereocenters. The Bertz CT molecular complexity index is 1210. The SMILES string of the molecule is CCCCCc1c(-c2nc(-c3ccc(OC)cc3)c(-c3ccc(OC)cc3)s2)ccn1CC(=O)O. The van der Waals surface area contributed by atoms with Crippen LogP contribution in [0.1, 0.15) is 31.9 Å². The van der Waals surface area contributed by atoms with Crippen molar-refractivity contribution in [1.29, 1.82) is 0 Å². The number of nitrogens with zero attached hydrogens (tertiary/aromatic N) is 2. The van der Waals surface area contributed by atoms with Crippen LogP contribution in [-0.4, -0.2) is 34.8 Å². The largest absolute Gasteiger partial charge is 0.497 e. The van der Waals surface area contributed by atoms with Gasteiger partial charge in [0.05, 0.1) is 24.8 Å². The van der Waals surface area contributed by atoms with E-state index in [1.165, 1.54) is 0 Å². The van der Waals surface area contributed by atoms with Gasteiger partial charge >= 0.3 is 5.97 Å². The van der Waals surface area contributed by atoms with Gasteiger partial charge in [-0.3, -0.25) is 4.79 Å². The fourth-order valence-corrected chi connectivity index (χ4v) is 5.27. The van der Waals surface area contributed by atoms with E-state index in [1.54, 1.807) is 25.6 Å². The minimum absolute atomic E-state index is 0.0521. The third-order valence-electron chi connectivity index (χ3n) is 5.97. The Hall–Kier alpha value is -3.58. The van der Waals surface area contributed by atoms with Crippen LogP contribution < -0.4 is 9.47 Å². The minimum atomic E-state index is -0.846. The molecule has 4 aromatic rings. The molecule has 2 aromatic heterocycles. The van der Waals surface area contributed by atoms with Crippen molar-refractivity contribution >= 4 is 17.3 Å². The second-order valence-corrected chi connectivity index (χ2v) is 9.31. The quantitative estimate of drug-likeness (QED) is 0.235. The molecule has 0 bridgehead atoms. The minimum Gasteiger partial charge on any atom is -0.497 e. The van der Waals surface area contributed by atoms with Gasteiger partial charge in [-0.25, -0.2) is 4.98 Å². The summed E-state index contributed by atoms with van der Waals surface area (Å²) in [5.41, 5.74) is 4.97. The lowest BCUT2D eigenvalue weighted by molar-refractivity contribution is -0.137. The average molecular weight is 491 g/mol. The van der Waals surface area contributed by atoms with Crippen LogP contribution in [0.2, 0.25) is 0 Å². The molecule has 7 heteroatoms. The molecule has 2 heterocycles. The van der Waals surface area contributed by atoms with Gasteiger partial charge in [-0.05, 0) is 73.0 Å². The molecule has 0 radical (unpaired) electrons. The number of aliphatic carboxylic acids is 1. The topological polar surface area (TPSA) is 73.6 Å². The van der Waals surface area contributed by atoms with Crippen molar-refractivity contribution in [3.05, 3.63) is 66.5 Å². The van der Waals surface area contributed by atoms with Gasteiger partial charge < -0.3 is 19.1 Å². The van der Waals surface area contributed by atoms with Crippen LogP contribution in [-0.2, 0) is 17.8 Å².